The molecule has 0 fully saturated rings. The van der Waals surface area contributed by atoms with Crippen molar-refractivity contribution in [1.29, 1.82) is 0 Å². The lowest BCUT2D eigenvalue weighted by Gasteiger charge is -2.18. The van der Waals surface area contributed by atoms with E-state index in [2.05, 4.69) is 5.32 Å². The number of benzene rings is 2. The molecule has 2 N–H and O–H groups in total. The summed E-state index contributed by atoms with van der Waals surface area (Å²) in [6, 6.07) is 8.89. The van der Waals surface area contributed by atoms with Crippen molar-refractivity contribution >= 4 is 0 Å². The van der Waals surface area contributed by atoms with Crippen LogP contribution in [-0.4, -0.2) is 24.4 Å². The molecule has 2 rings (SSSR count). The Morgan fingerprint density at radius 3 is 2.39 bits per heavy atom. The van der Waals surface area contributed by atoms with Crippen molar-refractivity contribution in [3.05, 3.63) is 65.5 Å². The maximum Gasteiger partial charge on any atom is 0.159 e. The number of halogens is 3. The van der Waals surface area contributed by atoms with E-state index in [0.717, 1.165) is 12.1 Å². The average Bonchev–Trinajstić information content (AvgIpc) is 2.54. The molecule has 23 heavy (non-hydrogen) atoms. The molecule has 0 amide bonds. The molecule has 0 spiro atoms. The van der Waals surface area contributed by atoms with Gasteiger partial charge < -0.3 is 15.2 Å². The van der Waals surface area contributed by atoms with Crippen molar-refractivity contribution < 1.29 is 23.0 Å². The Morgan fingerprint density at radius 2 is 1.74 bits per heavy atom. The smallest absolute Gasteiger partial charge is 0.159 e. The summed E-state index contributed by atoms with van der Waals surface area (Å²) in [4.78, 5) is 0. The van der Waals surface area contributed by atoms with E-state index >= 15 is 0 Å². The SMILES string of the molecule is CC(NCC(O)COc1ccc(F)cc1)c1ccc(F)c(F)c1. The number of nitrogens with one attached hydrogen (secondary N) is 1. The Balaban J connectivity index is 1.77. The zero-order valence-electron chi connectivity index (χ0n) is 12.6. The summed E-state index contributed by atoms with van der Waals surface area (Å²) in [7, 11) is 0. The van der Waals surface area contributed by atoms with Gasteiger partial charge in [-0.3, -0.25) is 0 Å². The third kappa shape index (κ3) is 5.26. The highest BCUT2D eigenvalue weighted by Crippen LogP contribution is 2.16. The summed E-state index contributed by atoms with van der Waals surface area (Å²) in [5.41, 5.74) is 0.579. The van der Waals surface area contributed by atoms with Gasteiger partial charge in [0.25, 0.3) is 0 Å². The molecule has 0 aliphatic heterocycles. The molecule has 0 bridgehead atoms. The molecule has 2 aromatic rings. The quantitative estimate of drug-likeness (QED) is 0.821. The van der Waals surface area contributed by atoms with Gasteiger partial charge in [-0.15, -0.1) is 0 Å². The van der Waals surface area contributed by atoms with E-state index < -0.39 is 17.7 Å². The van der Waals surface area contributed by atoms with Crippen LogP contribution in [0.15, 0.2) is 42.5 Å². The number of rotatable bonds is 7. The molecule has 3 nitrogen and oxygen atoms in total. The molecule has 0 aliphatic rings. The number of hydrogen-bond acceptors (Lipinski definition) is 3. The Bertz CT molecular complexity index is 634. The minimum atomic E-state index is -0.906. The predicted molar refractivity (Wildman–Crippen MR) is 80.7 cm³/mol. The molecule has 124 valence electrons. The lowest BCUT2D eigenvalue weighted by Crippen LogP contribution is -2.33. The summed E-state index contributed by atoms with van der Waals surface area (Å²) in [5.74, 6) is -1.70. The van der Waals surface area contributed by atoms with Crippen LogP contribution >= 0.6 is 0 Å². The van der Waals surface area contributed by atoms with Gasteiger partial charge in [0.2, 0.25) is 0 Å². The maximum atomic E-state index is 13.2. The molecule has 2 aromatic carbocycles. The summed E-state index contributed by atoms with van der Waals surface area (Å²) < 4.78 is 44.1. The molecule has 2 unspecified atom stereocenters. The summed E-state index contributed by atoms with van der Waals surface area (Å²) in [5, 5.41) is 12.9. The molecule has 0 radical (unpaired) electrons. The molecule has 0 aromatic heterocycles. The highest BCUT2D eigenvalue weighted by Gasteiger charge is 2.11. The fourth-order valence-corrected chi connectivity index (χ4v) is 1.99. The van der Waals surface area contributed by atoms with E-state index in [-0.39, 0.29) is 25.0 Å². The zero-order valence-corrected chi connectivity index (χ0v) is 12.6. The largest absolute Gasteiger partial charge is 0.491 e. The lowest BCUT2D eigenvalue weighted by atomic mass is 10.1. The summed E-state index contributed by atoms with van der Waals surface area (Å²) in [6.07, 6.45) is -0.798. The second kappa shape index (κ2) is 7.99. The molecular formula is C17H18F3NO2. The third-order valence-electron chi connectivity index (χ3n) is 3.36. The van der Waals surface area contributed by atoms with Crippen molar-refractivity contribution in [2.45, 2.75) is 19.1 Å². The summed E-state index contributed by atoms with van der Waals surface area (Å²) in [6.45, 7) is 2.02. The van der Waals surface area contributed by atoms with Gasteiger partial charge in [0.05, 0.1) is 0 Å². The van der Waals surface area contributed by atoms with E-state index in [4.69, 9.17) is 4.74 Å². The molecular weight excluding hydrogens is 307 g/mol. The van der Waals surface area contributed by atoms with Crippen LogP contribution in [0.2, 0.25) is 0 Å². The van der Waals surface area contributed by atoms with Gasteiger partial charge >= 0.3 is 0 Å². The molecule has 6 heteroatoms. The number of aliphatic hydroxyl groups excluding tert-OH is 1. The van der Waals surface area contributed by atoms with Gasteiger partial charge in [-0.2, -0.15) is 0 Å². The maximum absolute atomic E-state index is 13.2. The average molecular weight is 325 g/mol. The minimum Gasteiger partial charge on any atom is -0.491 e. The van der Waals surface area contributed by atoms with Crippen LogP contribution < -0.4 is 10.1 Å². The monoisotopic (exact) mass is 325 g/mol. The van der Waals surface area contributed by atoms with Gasteiger partial charge in [0.1, 0.15) is 24.3 Å². The first-order chi connectivity index (χ1) is 11.0. The minimum absolute atomic E-state index is 0.0309. The normalized spacial score (nSPS) is 13.6. The van der Waals surface area contributed by atoms with E-state index in [1.54, 1.807) is 6.92 Å². The number of ether oxygens (including phenoxy) is 1. The van der Waals surface area contributed by atoms with Crippen molar-refractivity contribution in [3.8, 4) is 5.75 Å². The van der Waals surface area contributed by atoms with Crippen LogP contribution in [0, 0.1) is 17.5 Å². The fourth-order valence-electron chi connectivity index (χ4n) is 1.99. The van der Waals surface area contributed by atoms with Crippen LogP contribution in [0.1, 0.15) is 18.5 Å². The second-order valence-electron chi connectivity index (χ2n) is 5.22. The zero-order chi connectivity index (χ0) is 16.8. The molecule has 0 saturated carbocycles. The van der Waals surface area contributed by atoms with Crippen molar-refractivity contribution in [2.75, 3.05) is 13.2 Å². The standard InChI is InChI=1S/C17H18F3NO2/c1-11(12-2-7-16(19)17(20)8-12)21-9-14(22)10-23-15-5-3-13(18)4-6-15/h2-8,11,14,21-22H,9-10H2,1H3. The van der Waals surface area contributed by atoms with E-state index in [1.165, 1.54) is 30.3 Å². The van der Waals surface area contributed by atoms with Crippen LogP contribution in [0.3, 0.4) is 0 Å². The van der Waals surface area contributed by atoms with E-state index in [9.17, 15) is 18.3 Å². The Hall–Kier alpha value is -2.05. The van der Waals surface area contributed by atoms with Gasteiger partial charge in [-0.1, -0.05) is 6.07 Å². The van der Waals surface area contributed by atoms with Crippen molar-refractivity contribution in [2.24, 2.45) is 0 Å². The highest BCUT2D eigenvalue weighted by atomic mass is 19.2. The Kier molecular flexibility index (Phi) is 6.01. The summed E-state index contributed by atoms with van der Waals surface area (Å²) >= 11 is 0. The number of aliphatic hydroxyl groups is 1. The molecule has 2 atom stereocenters. The molecule has 0 heterocycles. The number of hydrogen-bond donors (Lipinski definition) is 2. The first kappa shape index (κ1) is 17.3. The first-order valence-corrected chi connectivity index (χ1v) is 7.20. The fraction of sp³-hybridized carbons (Fsp3) is 0.294. The van der Waals surface area contributed by atoms with Crippen LogP contribution in [-0.2, 0) is 0 Å². The lowest BCUT2D eigenvalue weighted by molar-refractivity contribution is 0.104. The van der Waals surface area contributed by atoms with Gasteiger partial charge in [0.15, 0.2) is 11.6 Å². The molecule has 0 aliphatic carbocycles. The first-order valence-electron chi connectivity index (χ1n) is 7.20. The van der Waals surface area contributed by atoms with Crippen LogP contribution in [0.4, 0.5) is 13.2 Å². The van der Waals surface area contributed by atoms with Crippen molar-refractivity contribution in [3.63, 3.8) is 0 Å². The van der Waals surface area contributed by atoms with Crippen LogP contribution in [0.25, 0.3) is 0 Å². The van der Waals surface area contributed by atoms with E-state index in [0.29, 0.717) is 11.3 Å². The van der Waals surface area contributed by atoms with Gasteiger partial charge in [-0.05, 0) is 48.9 Å². The van der Waals surface area contributed by atoms with Crippen molar-refractivity contribution in [1.82, 2.24) is 5.32 Å². The predicted octanol–water partition coefficient (Wildman–Crippen LogP) is 3.19. The third-order valence-corrected chi connectivity index (χ3v) is 3.36. The Labute approximate surface area is 132 Å². The second-order valence-corrected chi connectivity index (χ2v) is 5.22. The topological polar surface area (TPSA) is 41.5 Å². The van der Waals surface area contributed by atoms with Gasteiger partial charge in [-0.25, -0.2) is 13.2 Å². The van der Waals surface area contributed by atoms with E-state index in [1.807, 2.05) is 0 Å². The highest BCUT2D eigenvalue weighted by molar-refractivity contribution is 5.22. The Morgan fingerprint density at radius 1 is 1.04 bits per heavy atom. The molecule has 0 saturated heterocycles. The van der Waals surface area contributed by atoms with Crippen LogP contribution in [0.5, 0.6) is 5.75 Å². The van der Waals surface area contributed by atoms with Gasteiger partial charge in [0, 0.05) is 12.6 Å².